The van der Waals surface area contributed by atoms with Crippen LogP contribution in [0.15, 0.2) is 66.2 Å². The Hall–Kier alpha value is -3.29. The summed E-state index contributed by atoms with van der Waals surface area (Å²) in [6.07, 6.45) is -0.143. The highest BCUT2D eigenvalue weighted by atomic mass is 16.6. The van der Waals surface area contributed by atoms with Gasteiger partial charge in [0.15, 0.2) is 5.78 Å². The van der Waals surface area contributed by atoms with E-state index in [0.29, 0.717) is 29.2 Å². The summed E-state index contributed by atoms with van der Waals surface area (Å²) >= 11 is 0. The normalized spacial score (nSPS) is 33.4. The first-order valence-corrected chi connectivity index (χ1v) is 10.3. The smallest absolute Gasteiger partial charge is 0.238 e. The van der Waals surface area contributed by atoms with Gasteiger partial charge in [-0.1, -0.05) is 30.3 Å². The number of benzene rings is 2. The van der Waals surface area contributed by atoms with Crippen molar-refractivity contribution < 1.29 is 29.0 Å². The van der Waals surface area contributed by atoms with Crippen LogP contribution in [0.5, 0.6) is 11.5 Å². The van der Waals surface area contributed by atoms with E-state index in [1.807, 2.05) is 30.3 Å². The lowest BCUT2D eigenvalue weighted by Gasteiger charge is -2.35. The highest BCUT2D eigenvalue weighted by Gasteiger charge is 2.65. The van der Waals surface area contributed by atoms with Crippen LogP contribution in [0.25, 0.3) is 0 Å². The van der Waals surface area contributed by atoms with E-state index in [9.17, 15) is 19.5 Å². The second kappa shape index (κ2) is 6.60. The van der Waals surface area contributed by atoms with Gasteiger partial charge in [0.25, 0.3) is 0 Å². The topological polar surface area (TPSA) is 96.4 Å². The molecule has 0 aromatic heterocycles. The van der Waals surface area contributed by atoms with Gasteiger partial charge in [0.2, 0.25) is 11.8 Å². The summed E-state index contributed by atoms with van der Waals surface area (Å²) in [6, 6.07) is 16.0. The van der Waals surface area contributed by atoms with E-state index in [1.165, 1.54) is 4.90 Å². The number of hydrogen-bond donors (Lipinski definition) is 1. The van der Waals surface area contributed by atoms with Gasteiger partial charge >= 0.3 is 0 Å². The van der Waals surface area contributed by atoms with Gasteiger partial charge in [-0.25, -0.2) is 4.90 Å². The Morgan fingerprint density at radius 1 is 0.935 bits per heavy atom. The highest BCUT2D eigenvalue weighted by molar-refractivity contribution is 6.23. The Morgan fingerprint density at radius 3 is 2.52 bits per heavy atom. The molecule has 0 radical (unpaired) electrons. The van der Waals surface area contributed by atoms with Crippen LogP contribution in [-0.4, -0.2) is 41.0 Å². The third-order valence-corrected chi connectivity index (χ3v) is 6.64. The largest absolute Gasteiger partial charge is 0.457 e. The number of allylic oxidation sites excluding steroid dienone is 1. The maximum Gasteiger partial charge on any atom is 0.238 e. The summed E-state index contributed by atoms with van der Waals surface area (Å²) in [4.78, 5) is 40.4. The number of Topliss-reactive ketones (excluding diaryl/α,β-unsaturated/α-hetero) is 1. The number of rotatable bonds is 3. The number of epoxide rings is 1. The zero-order valence-electron chi connectivity index (χ0n) is 16.4. The Labute approximate surface area is 177 Å². The molecule has 6 atom stereocenters. The van der Waals surface area contributed by atoms with Crippen LogP contribution in [0.1, 0.15) is 6.42 Å². The standard InChI is InChI=1S/C24H19NO6/c26-19-15-9-10-16-18(17(15)20(27)22-21(19)31-22)24(29)25(23(16)28)12-5-4-8-14(11-12)30-13-6-2-1-3-7-13/h1-9,11,16-18,20-22,27H,10H2/t16-,17+,18-,20+,21-,22+/m1/s1. The number of aliphatic hydroxyl groups excluding tert-OH is 1. The third-order valence-electron chi connectivity index (χ3n) is 6.64. The molecule has 2 saturated heterocycles. The van der Waals surface area contributed by atoms with Crippen LogP contribution in [-0.2, 0) is 19.1 Å². The minimum Gasteiger partial charge on any atom is -0.457 e. The Kier molecular flexibility index (Phi) is 3.94. The van der Waals surface area contributed by atoms with E-state index < -0.39 is 42.0 Å². The maximum absolute atomic E-state index is 13.4. The number of imide groups is 1. The van der Waals surface area contributed by atoms with Crippen LogP contribution in [0.2, 0.25) is 0 Å². The quantitative estimate of drug-likeness (QED) is 0.608. The first kappa shape index (κ1) is 18.5. The van der Waals surface area contributed by atoms with Gasteiger partial charge in [0.05, 0.1) is 23.6 Å². The molecule has 2 aromatic rings. The van der Waals surface area contributed by atoms with Crippen LogP contribution in [0.3, 0.4) is 0 Å². The second-order valence-electron chi connectivity index (χ2n) is 8.35. The summed E-state index contributed by atoms with van der Waals surface area (Å²) in [5.74, 6) is -1.82. The summed E-state index contributed by atoms with van der Waals surface area (Å²) in [7, 11) is 0. The van der Waals surface area contributed by atoms with Gasteiger partial charge < -0.3 is 14.6 Å². The molecule has 6 rings (SSSR count). The zero-order chi connectivity index (χ0) is 21.3. The lowest BCUT2D eigenvalue weighted by atomic mass is 9.66. The van der Waals surface area contributed by atoms with E-state index in [1.54, 1.807) is 30.3 Å². The predicted octanol–water partition coefficient (Wildman–Crippen LogP) is 2.24. The minimum atomic E-state index is -0.966. The van der Waals surface area contributed by atoms with Crippen molar-refractivity contribution in [1.29, 1.82) is 0 Å². The van der Waals surface area contributed by atoms with Crippen LogP contribution < -0.4 is 9.64 Å². The first-order chi connectivity index (χ1) is 15.0. The van der Waals surface area contributed by atoms with E-state index in [0.717, 1.165) is 0 Å². The highest BCUT2D eigenvalue weighted by Crippen LogP contribution is 2.51. The number of hydrogen-bond acceptors (Lipinski definition) is 6. The van der Waals surface area contributed by atoms with E-state index in [-0.39, 0.29) is 11.7 Å². The molecule has 2 aliphatic carbocycles. The average Bonchev–Trinajstić information content (AvgIpc) is 3.55. The van der Waals surface area contributed by atoms with Crippen molar-refractivity contribution in [1.82, 2.24) is 0 Å². The third kappa shape index (κ3) is 2.70. The van der Waals surface area contributed by atoms with Crippen molar-refractivity contribution in [2.45, 2.75) is 24.7 Å². The fraction of sp³-hybridized carbons (Fsp3) is 0.292. The molecule has 0 bridgehead atoms. The fourth-order valence-electron chi connectivity index (χ4n) is 5.17. The number of anilines is 1. The molecule has 0 spiro atoms. The molecule has 1 saturated carbocycles. The number of carbonyl (C=O) groups is 3. The number of aliphatic hydroxyl groups is 1. The SMILES string of the molecule is O=C1C2=CC[C@H]3C(=O)N(c4cccc(Oc5ccccc5)c4)C(=O)[C@H]3[C@H]2[C@H](O)[C@@H]2O[C@H]12. The molecule has 2 heterocycles. The zero-order valence-corrected chi connectivity index (χ0v) is 16.4. The van der Waals surface area contributed by atoms with Crippen LogP contribution in [0, 0.1) is 17.8 Å². The Balaban J connectivity index is 1.32. The van der Waals surface area contributed by atoms with E-state index >= 15 is 0 Å². The predicted molar refractivity (Wildman–Crippen MR) is 108 cm³/mol. The molecule has 7 nitrogen and oxygen atoms in total. The van der Waals surface area contributed by atoms with Crippen molar-refractivity contribution in [3.63, 3.8) is 0 Å². The molecule has 3 fully saturated rings. The van der Waals surface area contributed by atoms with Gasteiger partial charge in [-0.05, 0) is 30.7 Å². The Morgan fingerprint density at radius 2 is 1.71 bits per heavy atom. The fourth-order valence-corrected chi connectivity index (χ4v) is 5.17. The Bertz CT molecular complexity index is 1140. The van der Waals surface area contributed by atoms with E-state index in [4.69, 9.17) is 9.47 Å². The summed E-state index contributed by atoms with van der Waals surface area (Å²) in [6.45, 7) is 0. The number of ketones is 1. The molecular formula is C24H19NO6. The lowest BCUT2D eigenvalue weighted by Crippen LogP contribution is -2.47. The van der Waals surface area contributed by atoms with Crippen LogP contribution >= 0.6 is 0 Å². The molecule has 156 valence electrons. The molecule has 2 aromatic carbocycles. The number of ether oxygens (including phenoxy) is 2. The molecule has 2 aliphatic heterocycles. The second-order valence-corrected chi connectivity index (χ2v) is 8.35. The number of carbonyl (C=O) groups excluding carboxylic acids is 3. The molecular weight excluding hydrogens is 398 g/mol. The molecule has 0 unspecified atom stereocenters. The number of amides is 2. The number of fused-ring (bicyclic) bond motifs is 4. The minimum absolute atomic E-state index is 0.171. The van der Waals surface area contributed by atoms with Gasteiger partial charge in [-0.15, -0.1) is 0 Å². The first-order valence-electron chi connectivity index (χ1n) is 10.3. The van der Waals surface area contributed by atoms with Crippen molar-refractivity contribution in [2.24, 2.45) is 17.8 Å². The van der Waals surface area contributed by atoms with Gasteiger partial charge in [-0.2, -0.15) is 0 Å². The number of nitrogens with zero attached hydrogens (tertiary/aromatic N) is 1. The molecule has 4 aliphatic rings. The van der Waals surface area contributed by atoms with E-state index in [2.05, 4.69) is 0 Å². The van der Waals surface area contributed by atoms with Gasteiger partial charge in [-0.3, -0.25) is 14.4 Å². The molecule has 1 N–H and O–H groups in total. The average molecular weight is 417 g/mol. The maximum atomic E-state index is 13.4. The van der Waals surface area contributed by atoms with Crippen molar-refractivity contribution in [3.8, 4) is 11.5 Å². The van der Waals surface area contributed by atoms with Crippen LogP contribution in [0.4, 0.5) is 5.69 Å². The monoisotopic (exact) mass is 417 g/mol. The summed E-state index contributed by atoms with van der Waals surface area (Å²) in [5.41, 5.74) is 0.841. The summed E-state index contributed by atoms with van der Waals surface area (Å²) in [5, 5.41) is 10.7. The molecule has 2 amide bonds. The summed E-state index contributed by atoms with van der Waals surface area (Å²) < 4.78 is 11.2. The molecule has 7 heteroatoms. The van der Waals surface area contributed by atoms with Crippen molar-refractivity contribution in [3.05, 3.63) is 66.2 Å². The number of para-hydroxylation sites is 1. The van der Waals surface area contributed by atoms with Crippen molar-refractivity contribution >= 4 is 23.3 Å². The van der Waals surface area contributed by atoms with Crippen molar-refractivity contribution in [2.75, 3.05) is 4.90 Å². The lowest BCUT2D eigenvalue weighted by molar-refractivity contribution is -0.126. The van der Waals surface area contributed by atoms with Gasteiger partial charge in [0, 0.05) is 17.6 Å². The van der Waals surface area contributed by atoms with Gasteiger partial charge in [0.1, 0.15) is 23.7 Å². The molecule has 31 heavy (non-hydrogen) atoms.